The summed E-state index contributed by atoms with van der Waals surface area (Å²) in [5.74, 6) is -0.550. The number of anilines is 1. The highest BCUT2D eigenvalue weighted by Gasteiger charge is 2.47. The van der Waals surface area contributed by atoms with Crippen molar-refractivity contribution in [3.63, 3.8) is 0 Å². The molecule has 3 aliphatic heterocycles. The third-order valence-corrected chi connectivity index (χ3v) is 10.5. The van der Waals surface area contributed by atoms with Crippen LogP contribution in [0.15, 0.2) is 46.8 Å². The van der Waals surface area contributed by atoms with E-state index in [1.165, 1.54) is 16.4 Å². The minimum atomic E-state index is -4.87. The zero-order valence-electron chi connectivity index (χ0n) is 26.1. The highest BCUT2D eigenvalue weighted by Crippen LogP contribution is 2.35. The lowest BCUT2D eigenvalue weighted by atomic mass is 9.89. The number of carbonyl (C=O) groups is 2. The molecule has 46 heavy (non-hydrogen) atoms. The number of halogens is 3. The summed E-state index contributed by atoms with van der Waals surface area (Å²) in [6.45, 7) is 7.85. The van der Waals surface area contributed by atoms with Gasteiger partial charge in [-0.05, 0) is 86.1 Å². The molecular formula is C32H38F3N5O5S. The van der Waals surface area contributed by atoms with E-state index in [4.69, 9.17) is 5.73 Å². The number of amidine groups is 1. The fraction of sp³-hybridized carbons (Fsp3) is 0.469. The monoisotopic (exact) mass is 661 g/mol. The van der Waals surface area contributed by atoms with Crippen LogP contribution in [0, 0.1) is 19.8 Å². The highest BCUT2D eigenvalue weighted by atomic mass is 32.2. The zero-order valence-corrected chi connectivity index (χ0v) is 26.9. The molecule has 2 amide bonds. The Morgan fingerprint density at radius 2 is 1.76 bits per heavy atom. The molecule has 3 heterocycles. The molecule has 1 unspecified atom stereocenters. The Kier molecular flexibility index (Phi) is 9.10. The largest absolute Gasteiger partial charge is 0.573 e. The minimum Gasteiger partial charge on any atom is -0.406 e. The van der Waals surface area contributed by atoms with Gasteiger partial charge in [-0.25, -0.2) is 8.42 Å². The van der Waals surface area contributed by atoms with Crippen LogP contribution in [-0.4, -0.2) is 67.4 Å². The van der Waals surface area contributed by atoms with Crippen molar-refractivity contribution in [2.45, 2.75) is 77.4 Å². The second kappa shape index (κ2) is 12.5. The van der Waals surface area contributed by atoms with Crippen molar-refractivity contribution in [1.82, 2.24) is 9.62 Å². The van der Waals surface area contributed by atoms with Crippen LogP contribution in [0.4, 0.5) is 18.9 Å². The number of aliphatic imine (C=N–C) groups is 1. The fourth-order valence-corrected chi connectivity index (χ4v) is 7.56. The molecule has 0 saturated carbocycles. The number of alkyl halides is 3. The molecule has 248 valence electrons. The number of piperidine rings is 1. The molecule has 2 aromatic carbocycles. The van der Waals surface area contributed by atoms with Crippen LogP contribution in [0.3, 0.4) is 0 Å². The van der Waals surface area contributed by atoms with Gasteiger partial charge >= 0.3 is 6.36 Å². The van der Waals surface area contributed by atoms with Gasteiger partial charge in [0.1, 0.15) is 17.1 Å². The lowest BCUT2D eigenvalue weighted by molar-refractivity contribution is -0.274. The van der Waals surface area contributed by atoms with E-state index in [2.05, 4.69) is 15.0 Å². The van der Waals surface area contributed by atoms with E-state index in [0.717, 1.165) is 39.9 Å². The summed E-state index contributed by atoms with van der Waals surface area (Å²) >= 11 is 0. The summed E-state index contributed by atoms with van der Waals surface area (Å²) in [6.07, 6.45) is -2.00. The first-order valence-corrected chi connectivity index (χ1v) is 16.6. The molecule has 0 aliphatic carbocycles. The predicted molar refractivity (Wildman–Crippen MR) is 169 cm³/mol. The van der Waals surface area contributed by atoms with E-state index in [9.17, 15) is 31.2 Å². The van der Waals surface area contributed by atoms with Crippen LogP contribution in [0.5, 0.6) is 5.75 Å². The number of ether oxygens (including phenoxy) is 1. The van der Waals surface area contributed by atoms with Gasteiger partial charge in [0.15, 0.2) is 0 Å². The van der Waals surface area contributed by atoms with Crippen molar-refractivity contribution < 1.29 is 35.9 Å². The van der Waals surface area contributed by atoms with Gasteiger partial charge in [-0.2, -0.15) is 4.31 Å². The zero-order chi connectivity index (χ0) is 33.6. The SMILES string of the molecule is Cc1cc(N2C(=O)CC[C@@H]2C(N)C(C)C)cc(C)c1/C=C/S(=O)(=O)N1CCC2(CC1)N=C(c1cccc(OC(F)(F)F)c1)NC2=O. The number of benzene rings is 2. The van der Waals surface area contributed by atoms with E-state index >= 15 is 0 Å². The summed E-state index contributed by atoms with van der Waals surface area (Å²) in [6, 6.07) is 8.63. The van der Waals surface area contributed by atoms with Gasteiger partial charge < -0.3 is 20.7 Å². The van der Waals surface area contributed by atoms with E-state index in [1.807, 2.05) is 39.8 Å². The number of nitrogens with zero attached hydrogens (tertiary/aromatic N) is 3. The summed E-state index contributed by atoms with van der Waals surface area (Å²) in [4.78, 5) is 32.1. The van der Waals surface area contributed by atoms with Crippen molar-refractivity contribution in [3.05, 3.63) is 64.1 Å². The average Bonchev–Trinajstić information content (AvgIpc) is 3.50. The van der Waals surface area contributed by atoms with Gasteiger partial charge in [0.05, 0.1) is 6.04 Å². The smallest absolute Gasteiger partial charge is 0.406 e. The first-order valence-electron chi connectivity index (χ1n) is 15.1. The number of hydrogen-bond donors (Lipinski definition) is 2. The number of nitrogens with two attached hydrogens (primary N) is 1. The summed E-state index contributed by atoms with van der Waals surface area (Å²) < 4.78 is 69.9. The second-order valence-corrected chi connectivity index (χ2v) is 14.3. The van der Waals surface area contributed by atoms with Crippen molar-refractivity contribution in [2.75, 3.05) is 18.0 Å². The molecular weight excluding hydrogens is 623 g/mol. The van der Waals surface area contributed by atoms with Crippen molar-refractivity contribution >= 4 is 39.4 Å². The van der Waals surface area contributed by atoms with Crippen LogP contribution < -0.4 is 20.7 Å². The summed E-state index contributed by atoms with van der Waals surface area (Å²) in [5, 5.41) is 3.78. The third kappa shape index (κ3) is 6.83. The third-order valence-electron chi connectivity index (χ3n) is 8.96. The molecule has 0 aromatic heterocycles. The molecule has 5 rings (SSSR count). The molecule has 0 radical (unpaired) electrons. The highest BCUT2D eigenvalue weighted by molar-refractivity contribution is 7.92. The Hall–Kier alpha value is -3.75. The second-order valence-electron chi connectivity index (χ2n) is 12.5. The molecule has 2 saturated heterocycles. The Balaban J connectivity index is 1.29. The Bertz CT molecular complexity index is 1670. The number of sulfonamides is 1. The van der Waals surface area contributed by atoms with E-state index in [0.29, 0.717) is 12.8 Å². The average molecular weight is 662 g/mol. The number of aryl methyl sites for hydroxylation is 2. The van der Waals surface area contributed by atoms with E-state index < -0.39 is 33.6 Å². The lowest BCUT2D eigenvalue weighted by Crippen LogP contribution is -2.50. The molecule has 3 aliphatic rings. The van der Waals surface area contributed by atoms with Gasteiger partial charge in [0, 0.05) is 42.2 Å². The Morgan fingerprint density at radius 1 is 1.11 bits per heavy atom. The molecule has 2 atom stereocenters. The quantitative estimate of drug-likeness (QED) is 0.431. The standard InChI is InChI=1S/C32H38F3N5O5S/c1-19(2)28(36)26-8-9-27(41)40(26)23-16-20(3)25(21(4)17-23)10-15-46(43,44)39-13-11-31(12-14-39)30(42)37-29(38-31)22-6-5-7-24(18-22)45-32(33,34)35/h5-7,10,15-19,26,28H,8-9,11-14,36H2,1-4H3,(H,37,38,42)/b15-10+/t26-,28?/m1/s1. The number of rotatable bonds is 8. The molecule has 3 N–H and O–H groups in total. The molecule has 2 fully saturated rings. The van der Waals surface area contributed by atoms with Gasteiger partial charge in [-0.1, -0.05) is 26.0 Å². The molecule has 14 heteroatoms. The van der Waals surface area contributed by atoms with Crippen molar-refractivity contribution in [1.29, 1.82) is 0 Å². The normalized spacial score (nSPS) is 21.4. The summed E-state index contributed by atoms with van der Waals surface area (Å²) in [5.41, 5.74) is 8.55. The van der Waals surface area contributed by atoms with Crippen LogP contribution in [0.1, 0.15) is 61.8 Å². The number of amides is 2. The molecule has 10 nitrogen and oxygen atoms in total. The predicted octanol–water partition coefficient (Wildman–Crippen LogP) is 4.39. The van der Waals surface area contributed by atoms with Gasteiger partial charge in [-0.3, -0.25) is 14.6 Å². The fourth-order valence-electron chi connectivity index (χ4n) is 6.39. The maximum Gasteiger partial charge on any atom is 0.573 e. The first-order chi connectivity index (χ1) is 21.5. The Labute approximate surface area is 266 Å². The van der Waals surface area contributed by atoms with Crippen molar-refractivity contribution in [2.24, 2.45) is 16.6 Å². The molecule has 1 spiro atoms. The Morgan fingerprint density at radius 3 is 2.37 bits per heavy atom. The summed E-state index contributed by atoms with van der Waals surface area (Å²) in [7, 11) is -3.86. The topological polar surface area (TPSA) is 134 Å². The van der Waals surface area contributed by atoms with Crippen LogP contribution in [0.2, 0.25) is 0 Å². The van der Waals surface area contributed by atoms with Gasteiger partial charge in [0.25, 0.3) is 5.91 Å². The van der Waals surface area contributed by atoms with Gasteiger partial charge in [0.2, 0.25) is 15.9 Å². The van der Waals surface area contributed by atoms with E-state index in [-0.39, 0.29) is 61.2 Å². The van der Waals surface area contributed by atoms with Crippen molar-refractivity contribution in [3.8, 4) is 5.75 Å². The van der Waals surface area contributed by atoms with Crippen LogP contribution in [-0.2, 0) is 19.6 Å². The maximum atomic E-state index is 13.3. The molecule has 2 aromatic rings. The number of carbonyl (C=O) groups excluding carboxylic acids is 2. The van der Waals surface area contributed by atoms with Crippen LogP contribution in [0.25, 0.3) is 6.08 Å². The first kappa shape index (κ1) is 33.6. The molecule has 0 bridgehead atoms. The minimum absolute atomic E-state index is 0.0185. The maximum absolute atomic E-state index is 13.3. The number of nitrogens with one attached hydrogen (secondary N) is 1. The number of hydrogen-bond acceptors (Lipinski definition) is 7. The lowest BCUT2D eigenvalue weighted by Gasteiger charge is -2.34. The van der Waals surface area contributed by atoms with Crippen LogP contribution >= 0.6 is 0 Å². The van der Waals surface area contributed by atoms with E-state index in [1.54, 1.807) is 11.0 Å². The van der Waals surface area contributed by atoms with Gasteiger partial charge in [-0.15, -0.1) is 13.2 Å².